The van der Waals surface area contributed by atoms with Gasteiger partial charge in [-0.2, -0.15) is 9.46 Å². The topological polar surface area (TPSA) is 147 Å². The monoisotopic (exact) mass is 652 g/mol. The van der Waals surface area contributed by atoms with E-state index < -0.39 is 27.5 Å². The molecule has 1 aliphatic heterocycles. The Morgan fingerprint density at radius 2 is 1.83 bits per heavy atom. The van der Waals surface area contributed by atoms with Crippen molar-refractivity contribution in [1.29, 1.82) is 0 Å². The lowest BCUT2D eigenvalue weighted by Gasteiger charge is -2.30. The van der Waals surface area contributed by atoms with Crippen molar-refractivity contribution >= 4 is 33.2 Å². The summed E-state index contributed by atoms with van der Waals surface area (Å²) in [5, 5.41) is 16.5. The predicted molar refractivity (Wildman–Crippen MR) is 178 cm³/mol. The van der Waals surface area contributed by atoms with Crippen LogP contribution in [0.15, 0.2) is 88.4 Å². The summed E-state index contributed by atoms with van der Waals surface area (Å²) in [6.07, 6.45) is 4.84. The van der Waals surface area contributed by atoms with Crippen LogP contribution in [0.1, 0.15) is 56.9 Å². The fraction of sp³-hybridized carbons (Fsp3) is 0.286. The van der Waals surface area contributed by atoms with Crippen molar-refractivity contribution < 1.29 is 23.7 Å². The van der Waals surface area contributed by atoms with Crippen molar-refractivity contribution in [2.75, 3.05) is 30.7 Å². The van der Waals surface area contributed by atoms with E-state index in [0.29, 0.717) is 53.3 Å². The van der Waals surface area contributed by atoms with Crippen LogP contribution < -0.4 is 5.32 Å². The number of nitrogens with zero attached hydrogens (tertiary/aromatic N) is 5. The van der Waals surface area contributed by atoms with Gasteiger partial charge in [0.25, 0.3) is 11.8 Å². The van der Waals surface area contributed by atoms with Gasteiger partial charge in [-0.3, -0.25) is 24.0 Å². The largest absolute Gasteiger partial charge is 0.481 e. The van der Waals surface area contributed by atoms with Crippen LogP contribution in [0.5, 0.6) is 0 Å². The van der Waals surface area contributed by atoms with Crippen molar-refractivity contribution in [1.82, 2.24) is 19.7 Å². The Bertz CT molecular complexity index is 1970. The van der Waals surface area contributed by atoms with E-state index in [4.69, 9.17) is 0 Å². The van der Waals surface area contributed by atoms with Gasteiger partial charge >= 0.3 is 5.97 Å². The second-order valence-corrected chi connectivity index (χ2v) is 13.8. The first-order valence-corrected chi connectivity index (χ1v) is 17.0. The van der Waals surface area contributed by atoms with Crippen molar-refractivity contribution in [3.63, 3.8) is 0 Å². The van der Waals surface area contributed by atoms with Crippen molar-refractivity contribution in [3.05, 3.63) is 107 Å². The normalized spacial score (nSPS) is 15.9. The minimum Gasteiger partial charge on any atom is -0.481 e. The zero-order valence-corrected chi connectivity index (χ0v) is 27.1. The summed E-state index contributed by atoms with van der Waals surface area (Å²) in [5.74, 6) is 4.05. The predicted octanol–water partition coefficient (Wildman–Crippen LogP) is 4.63. The molecule has 2 amide bonds. The molecule has 12 heteroatoms. The van der Waals surface area contributed by atoms with E-state index in [-0.39, 0.29) is 17.2 Å². The van der Waals surface area contributed by atoms with Gasteiger partial charge in [-0.05, 0) is 81.7 Å². The van der Waals surface area contributed by atoms with Gasteiger partial charge in [-0.25, -0.2) is 4.21 Å². The summed E-state index contributed by atoms with van der Waals surface area (Å²) >= 11 is 0. The summed E-state index contributed by atoms with van der Waals surface area (Å²) in [6, 6.07) is 19.1. The Labute approximate surface area is 274 Å². The van der Waals surface area contributed by atoms with E-state index >= 15 is 0 Å². The molecule has 0 radical (unpaired) electrons. The average molecular weight is 653 g/mol. The number of carboxylic acid groups (broad SMARTS) is 1. The molecule has 1 saturated heterocycles. The van der Waals surface area contributed by atoms with Crippen LogP contribution in [0.25, 0.3) is 0 Å². The molecule has 0 bridgehead atoms. The average Bonchev–Trinajstić information content (AvgIpc) is 3.42. The van der Waals surface area contributed by atoms with E-state index in [1.165, 1.54) is 17.1 Å². The third-order valence-electron chi connectivity index (χ3n) is 7.78. The maximum absolute atomic E-state index is 14.2. The molecule has 0 spiro atoms. The number of piperidine rings is 1. The van der Waals surface area contributed by atoms with E-state index in [2.05, 4.69) is 36.5 Å². The van der Waals surface area contributed by atoms with Gasteiger partial charge in [0.1, 0.15) is 5.69 Å². The highest BCUT2D eigenvalue weighted by Gasteiger charge is 2.25. The van der Waals surface area contributed by atoms with Crippen LogP contribution in [0.2, 0.25) is 0 Å². The molecular weight excluding hydrogens is 616 g/mol. The second-order valence-electron chi connectivity index (χ2n) is 11.4. The zero-order valence-electron chi connectivity index (χ0n) is 26.3. The standard InChI is InChI=1S/C35H36N6O5S/c1-25-19-32(40(2)38-25)34(43)37-30-11-6-9-26(21-30)14-15-27-20-29(23-36-22-27)33(42)39-47(46,31-12-4-3-5-13-31)18-8-17-41-16-7-10-28(24-41)35(44)45/h3-6,9,11-13,19-23,28H,7-8,10,16-18,24H2,1-2H3,(H,37,43)(H,44,45). The van der Waals surface area contributed by atoms with Crippen LogP contribution in [-0.4, -0.2) is 72.2 Å². The number of hydrogen-bond donors (Lipinski definition) is 2. The summed E-state index contributed by atoms with van der Waals surface area (Å²) < 4.78 is 20.0. The minimum atomic E-state index is -3.12. The molecule has 1 aliphatic rings. The Balaban J connectivity index is 1.30. The molecule has 4 aromatic rings. The number of pyridine rings is 1. The zero-order chi connectivity index (χ0) is 33.4. The number of amides is 2. The maximum Gasteiger partial charge on any atom is 0.307 e. The summed E-state index contributed by atoms with van der Waals surface area (Å²) in [5.41, 5.74) is 3.01. The first kappa shape index (κ1) is 33.2. The molecule has 5 rings (SSSR count). The first-order valence-electron chi connectivity index (χ1n) is 15.3. The number of likely N-dealkylation sites (tertiary alicyclic amines) is 1. The Kier molecular flexibility index (Phi) is 10.6. The Hall–Kier alpha value is -5.12. The highest BCUT2D eigenvalue weighted by atomic mass is 32.2. The number of benzene rings is 2. The summed E-state index contributed by atoms with van der Waals surface area (Å²) in [4.78, 5) is 44.2. The van der Waals surface area contributed by atoms with Crippen molar-refractivity contribution in [3.8, 4) is 11.8 Å². The maximum atomic E-state index is 14.2. The van der Waals surface area contributed by atoms with Gasteiger partial charge in [0.05, 0.1) is 26.9 Å². The molecule has 2 aromatic carbocycles. The molecule has 242 valence electrons. The lowest BCUT2D eigenvalue weighted by atomic mass is 9.98. The van der Waals surface area contributed by atoms with Gasteiger partial charge in [0.2, 0.25) is 0 Å². The SMILES string of the molecule is Cc1cc(C(=O)Nc2cccc(C#Cc3cncc(C(=O)N=S(=O)(CCCN4CCCC(C(=O)O)C4)c4ccccc4)c3)c2)n(C)n1. The van der Waals surface area contributed by atoms with E-state index in [0.717, 1.165) is 18.7 Å². The van der Waals surface area contributed by atoms with E-state index in [9.17, 15) is 23.7 Å². The smallest absolute Gasteiger partial charge is 0.307 e. The molecule has 47 heavy (non-hydrogen) atoms. The molecule has 11 nitrogen and oxygen atoms in total. The number of nitrogens with one attached hydrogen (secondary N) is 1. The van der Waals surface area contributed by atoms with Gasteiger partial charge < -0.3 is 15.3 Å². The fourth-order valence-corrected chi connectivity index (χ4v) is 7.35. The lowest BCUT2D eigenvalue weighted by molar-refractivity contribution is -0.143. The molecule has 3 heterocycles. The molecule has 0 aliphatic carbocycles. The van der Waals surface area contributed by atoms with E-state index in [1.807, 2.05) is 13.0 Å². The second kappa shape index (κ2) is 15.0. The number of aliphatic carboxylic acids is 1. The number of anilines is 1. The number of aryl methyl sites for hydroxylation is 2. The van der Waals surface area contributed by atoms with Crippen LogP contribution in [0.4, 0.5) is 5.69 Å². The Morgan fingerprint density at radius 3 is 2.57 bits per heavy atom. The Morgan fingerprint density at radius 1 is 1.04 bits per heavy atom. The summed E-state index contributed by atoms with van der Waals surface area (Å²) in [6.45, 7) is 3.63. The number of aromatic nitrogens is 3. The van der Waals surface area contributed by atoms with Crippen LogP contribution in [0, 0.1) is 24.7 Å². The quantitative estimate of drug-likeness (QED) is 0.249. The van der Waals surface area contributed by atoms with Crippen LogP contribution in [0.3, 0.4) is 0 Å². The molecule has 2 unspecified atom stereocenters. The molecular formula is C35H36N6O5S. The molecule has 2 atom stereocenters. The highest BCUT2D eigenvalue weighted by Crippen LogP contribution is 2.20. The van der Waals surface area contributed by atoms with Gasteiger partial charge in [0.15, 0.2) is 0 Å². The van der Waals surface area contributed by atoms with E-state index in [1.54, 1.807) is 67.7 Å². The van der Waals surface area contributed by atoms with Gasteiger partial charge in [-0.15, -0.1) is 0 Å². The molecule has 1 fully saturated rings. The van der Waals surface area contributed by atoms with Gasteiger partial charge in [-0.1, -0.05) is 36.1 Å². The molecule has 2 aromatic heterocycles. The fourth-order valence-electron chi connectivity index (χ4n) is 5.44. The minimum absolute atomic E-state index is 0.150. The number of hydrogen-bond acceptors (Lipinski definition) is 7. The first-order chi connectivity index (χ1) is 22.6. The van der Waals surface area contributed by atoms with Crippen LogP contribution in [-0.2, 0) is 21.6 Å². The number of rotatable bonds is 9. The third-order valence-corrected chi connectivity index (χ3v) is 10.1. The van der Waals surface area contributed by atoms with Gasteiger partial charge in [0, 0.05) is 53.4 Å². The highest BCUT2D eigenvalue weighted by molar-refractivity contribution is 7.94. The third kappa shape index (κ3) is 8.78. The number of carbonyl (C=O) groups is 3. The van der Waals surface area contributed by atoms with Crippen LogP contribution >= 0.6 is 0 Å². The van der Waals surface area contributed by atoms with Crippen molar-refractivity contribution in [2.45, 2.75) is 31.1 Å². The number of carbonyl (C=O) groups excluding carboxylic acids is 2. The lowest BCUT2D eigenvalue weighted by Crippen LogP contribution is -2.39. The summed E-state index contributed by atoms with van der Waals surface area (Å²) in [7, 11) is -1.41. The van der Waals surface area contributed by atoms with Crippen molar-refractivity contribution in [2.24, 2.45) is 17.3 Å². The molecule has 0 saturated carbocycles. The molecule has 2 N–H and O–H groups in total. The number of carboxylic acids is 1.